The molecule has 0 aliphatic carbocycles. The predicted octanol–water partition coefficient (Wildman–Crippen LogP) is 2.65. The molecule has 0 atom stereocenters. The first kappa shape index (κ1) is 20.5. The Bertz CT molecular complexity index is 860. The molecule has 0 unspecified atom stereocenters. The highest BCUT2D eigenvalue weighted by molar-refractivity contribution is 5.99. The van der Waals surface area contributed by atoms with Crippen LogP contribution in [0.4, 0.5) is 11.4 Å². The largest absolute Gasteiger partial charge is 0.369 e. The average molecular weight is 395 g/mol. The summed E-state index contributed by atoms with van der Waals surface area (Å²) in [6, 6.07) is 16.4. The second-order valence-corrected chi connectivity index (χ2v) is 6.95. The zero-order valence-corrected chi connectivity index (χ0v) is 16.5. The second kappa shape index (κ2) is 9.79. The minimum absolute atomic E-state index is 0.0259. The van der Waals surface area contributed by atoms with Gasteiger partial charge in [-0.2, -0.15) is 5.10 Å². The fraction of sp³-hybridized carbons (Fsp3) is 0.333. The van der Waals surface area contributed by atoms with Crippen molar-refractivity contribution in [3.8, 4) is 0 Å². The third kappa shape index (κ3) is 5.86. The average Bonchev–Trinajstić information content (AvgIpc) is 2.77. The zero-order chi connectivity index (χ0) is 20.6. The maximum atomic E-state index is 12.1. The normalized spacial score (nSPS) is 15.2. The molecular weight excluding hydrogens is 370 g/mol. The Hall–Kier alpha value is -3.26. The molecule has 1 N–H and O–H groups in total. The second-order valence-electron chi connectivity index (χ2n) is 6.95. The minimum atomic E-state index is -0.447. The number of hydrogen-bond donors (Lipinski definition) is 1. The Kier molecular flexibility index (Phi) is 6.91. The number of amides is 1. The lowest BCUT2D eigenvalue weighted by atomic mass is 10.1. The number of hydrazone groups is 1. The number of para-hydroxylation sites is 1. The molecule has 1 aliphatic heterocycles. The number of anilines is 1. The van der Waals surface area contributed by atoms with Gasteiger partial charge in [0.2, 0.25) is 5.91 Å². The van der Waals surface area contributed by atoms with Crippen molar-refractivity contribution in [3.63, 3.8) is 0 Å². The number of nitro benzene ring substituents is 1. The molecule has 2 aromatic rings. The monoisotopic (exact) mass is 395 g/mol. The topological polar surface area (TPSA) is 91.1 Å². The lowest BCUT2D eigenvalue weighted by Crippen LogP contribution is -2.47. The van der Waals surface area contributed by atoms with E-state index in [0.717, 1.165) is 31.7 Å². The van der Waals surface area contributed by atoms with Crippen molar-refractivity contribution in [2.45, 2.75) is 13.3 Å². The summed E-state index contributed by atoms with van der Waals surface area (Å²) in [4.78, 5) is 27.0. The van der Waals surface area contributed by atoms with Crippen LogP contribution in [-0.2, 0) is 4.79 Å². The number of non-ortho nitro benzene ring substituents is 1. The van der Waals surface area contributed by atoms with Crippen molar-refractivity contribution >= 4 is 23.0 Å². The van der Waals surface area contributed by atoms with Crippen molar-refractivity contribution in [3.05, 3.63) is 70.3 Å². The molecule has 0 bridgehead atoms. The zero-order valence-electron chi connectivity index (χ0n) is 16.5. The van der Waals surface area contributed by atoms with Crippen LogP contribution in [0.5, 0.6) is 0 Å². The molecule has 1 fully saturated rings. The van der Waals surface area contributed by atoms with E-state index in [1.165, 1.54) is 17.8 Å². The van der Waals surface area contributed by atoms with Crippen LogP contribution >= 0.6 is 0 Å². The quantitative estimate of drug-likeness (QED) is 0.442. The number of carbonyl (C=O) groups excluding carboxylic acids is 1. The van der Waals surface area contributed by atoms with Crippen LogP contribution in [0.25, 0.3) is 0 Å². The smallest absolute Gasteiger partial charge is 0.269 e. The summed E-state index contributed by atoms with van der Waals surface area (Å²) in [5.74, 6) is -0.142. The molecule has 3 rings (SSSR count). The molecule has 29 heavy (non-hydrogen) atoms. The molecule has 0 radical (unpaired) electrons. The SMILES string of the molecule is C/C(=N\NC(=O)CCN1CCN(c2ccccc2)CC1)c1ccc([N+](=O)[O-])cc1. The van der Waals surface area contributed by atoms with E-state index in [4.69, 9.17) is 0 Å². The Morgan fingerprint density at radius 2 is 1.72 bits per heavy atom. The van der Waals surface area contributed by atoms with Gasteiger partial charge in [0.05, 0.1) is 10.6 Å². The molecule has 1 heterocycles. The molecule has 1 amide bonds. The lowest BCUT2D eigenvalue weighted by Gasteiger charge is -2.36. The Labute approximate surface area is 170 Å². The molecule has 152 valence electrons. The van der Waals surface area contributed by atoms with Gasteiger partial charge in [0.1, 0.15) is 0 Å². The Balaban J connectivity index is 1.41. The van der Waals surface area contributed by atoms with E-state index in [2.05, 4.69) is 32.5 Å². The minimum Gasteiger partial charge on any atom is -0.369 e. The van der Waals surface area contributed by atoms with E-state index < -0.39 is 4.92 Å². The number of carbonyl (C=O) groups is 1. The summed E-state index contributed by atoms with van der Waals surface area (Å²) in [5.41, 5.74) is 5.16. The van der Waals surface area contributed by atoms with Crippen LogP contribution in [0, 0.1) is 10.1 Å². The summed E-state index contributed by atoms with van der Waals surface area (Å²) < 4.78 is 0. The molecular formula is C21H25N5O3. The summed E-state index contributed by atoms with van der Waals surface area (Å²) in [6.07, 6.45) is 0.377. The summed E-state index contributed by atoms with van der Waals surface area (Å²) in [6.45, 7) is 6.19. The first-order valence-corrected chi connectivity index (χ1v) is 9.63. The molecule has 1 aliphatic rings. The third-order valence-corrected chi connectivity index (χ3v) is 4.99. The van der Waals surface area contributed by atoms with E-state index in [0.29, 0.717) is 18.7 Å². The number of rotatable bonds is 7. The van der Waals surface area contributed by atoms with Gasteiger partial charge in [0, 0.05) is 57.0 Å². The molecule has 0 aromatic heterocycles. The summed E-state index contributed by atoms with van der Waals surface area (Å²) >= 11 is 0. The van der Waals surface area contributed by atoms with Crippen molar-refractivity contribution in [2.24, 2.45) is 5.10 Å². The van der Waals surface area contributed by atoms with Crippen LogP contribution in [0.2, 0.25) is 0 Å². The van der Waals surface area contributed by atoms with Gasteiger partial charge in [0.15, 0.2) is 0 Å². The van der Waals surface area contributed by atoms with E-state index in [1.807, 2.05) is 18.2 Å². The fourth-order valence-corrected chi connectivity index (χ4v) is 3.22. The van der Waals surface area contributed by atoms with Crippen LogP contribution in [0.3, 0.4) is 0 Å². The Morgan fingerprint density at radius 1 is 1.07 bits per heavy atom. The first-order chi connectivity index (χ1) is 14.0. The molecule has 0 spiro atoms. The van der Waals surface area contributed by atoms with Gasteiger partial charge in [-0.05, 0) is 36.8 Å². The number of nitrogens with zero attached hydrogens (tertiary/aromatic N) is 4. The van der Waals surface area contributed by atoms with E-state index in [9.17, 15) is 14.9 Å². The molecule has 2 aromatic carbocycles. The highest BCUT2D eigenvalue weighted by Gasteiger charge is 2.17. The third-order valence-electron chi connectivity index (χ3n) is 4.99. The standard InChI is InChI=1S/C21H25N5O3/c1-17(18-7-9-20(10-8-18)26(28)29)22-23-21(27)11-12-24-13-15-25(16-14-24)19-5-3-2-4-6-19/h2-10H,11-16H2,1H3,(H,23,27)/b22-17+. The van der Waals surface area contributed by atoms with Gasteiger partial charge >= 0.3 is 0 Å². The molecule has 8 nitrogen and oxygen atoms in total. The van der Waals surface area contributed by atoms with Crippen molar-refractivity contribution in [1.82, 2.24) is 10.3 Å². The lowest BCUT2D eigenvalue weighted by molar-refractivity contribution is -0.384. The number of hydrogen-bond acceptors (Lipinski definition) is 6. The van der Waals surface area contributed by atoms with Gasteiger partial charge in [-0.1, -0.05) is 18.2 Å². The predicted molar refractivity (Wildman–Crippen MR) is 113 cm³/mol. The molecule has 8 heteroatoms. The van der Waals surface area contributed by atoms with Crippen LogP contribution in [0.1, 0.15) is 18.9 Å². The molecule has 0 saturated carbocycles. The Morgan fingerprint density at radius 3 is 2.34 bits per heavy atom. The number of nitrogens with one attached hydrogen (secondary N) is 1. The van der Waals surface area contributed by atoms with Crippen molar-refractivity contribution < 1.29 is 9.72 Å². The number of piperazine rings is 1. The summed E-state index contributed by atoms with van der Waals surface area (Å²) in [5, 5.41) is 14.8. The van der Waals surface area contributed by atoms with Crippen LogP contribution < -0.4 is 10.3 Å². The van der Waals surface area contributed by atoms with E-state index in [-0.39, 0.29) is 11.6 Å². The first-order valence-electron chi connectivity index (χ1n) is 9.63. The highest BCUT2D eigenvalue weighted by Crippen LogP contribution is 2.15. The summed E-state index contributed by atoms with van der Waals surface area (Å²) in [7, 11) is 0. The van der Waals surface area contributed by atoms with Gasteiger partial charge in [-0.15, -0.1) is 0 Å². The van der Waals surface area contributed by atoms with Gasteiger partial charge < -0.3 is 4.90 Å². The van der Waals surface area contributed by atoms with Crippen molar-refractivity contribution in [2.75, 3.05) is 37.6 Å². The fourth-order valence-electron chi connectivity index (χ4n) is 3.22. The molecule has 1 saturated heterocycles. The van der Waals surface area contributed by atoms with Crippen LogP contribution in [0.15, 0.2) is 59.7 Å². The van der Waals surface area contributed by atoms with Crippen molar-refractivity contribution in [1.29, 1.82) is 0 Å². The number of nitro groups is 1. The van der Waals surface area contributed by atoms with Gasteiger partial charge in [0.25, 0.3) is 5.69 Å². The van der Waals surface area contributed by atoms with Gasteiger partial charge in [-0.3, -0.25) is 19.8 Å². The van der Waals surface area contributed by atoms with E-state index in [1.54, 1.807) is 19.1 Å². The van der Waals surface area contributed by atoms with Gasteiger partial charge in [-0.25, -0.2) is 5.43 Å². The van der Waals surface area contributed by atoms with E-state index >= 15 is 0 Å². The maximum Gasteiger partial charge on any atom is 0.269 e. The maximum absolute atomic E-state index is 12.1. The number of benzene rings is 2. The highest BCUT2D eigenvalue weighted by atomic mass is 16.6. The van der Waals surface area contributed by atoms with Crippen LogP contribution in [-0.4, -0.2) is 54.2 Å².